The third kappa shape index (κ3) is 1.98. The van der Waals surface area contributed by atoms with Crippen molar-refractivity contribution in [3.8, 4) is 0 Å². The van der Waals surface area contributed by atoms with Crippen LogP contribution in [0.3, 0.4) is 0 Å². The molecule has 3 heterocycles. The van der Waals surface area contributed by atoms with Crippen molar-refractivity contribution in [1.29, 1.82) is 0 Å². The lowest BCUT2D eigenvalue weighted by Crippen LogP contribution is -2.35. The monoisotopic (exact) mass is 243 g/mol. The second-order valence-corrected chi connectivity index (χ2v) is 5.07. The maximum atomic E-state index is 12.0. The molecule has 0 radical (unpaired) electrons. The van der Waals surface area contributed by atoms with Gasteiger partial charge in [-0.2, -0.15) is 0 Å². The number of anilines is 1. The van der Waals surface area contributed by atoms with Gasteiger partial charge in [0.05, 0.1) is 0 Å². The first-order valence-corrected chi connectivity index (χ1v) is 6.47. The highest BCUT2D eigenvalue weighted by atomic mass is 16.1. The summed E-state index contributed by atoms with van der Waals surface area (Å²) >= 11 is 0. The highest BCUT2D eigenvalue weighted by Crippen LogP contribution is 2.20. The molecule has 0 N–H and O–H groups in total. The maximum absolute atomic E-state index is 12.0. The molecule has 0 aromatic carbocycles. The van der Waals surface area contributed by atoms with E-state index in [2.05, 4.69) is 16.8 Å². The van der Waals surface area contributed by atoms with Crippen molar-refractivity contribution in [2.75, 3.05) is 18.0 Å². The minimum absolute atomic E-state index is 0.00572. The number of piperidine rings is 1. The van der Waals surface area contributed by atoms with Gasteiger partial charge < -0.3 is 4.90 Å². The van der Waals surface area contributed by atoms with Gasteiger partial charge >= 0.3 is 0 Å². The summed E-state index contributed by atoms with van der Waals surface area (Å²) in [4.78, 5) is 18.8. The molecule has 2 aromatic rings. The molecular weight excluding hydrogens is 226 g/mol. The molecule has 4 heteroatoms. The molecule has 94 valence electrons. The summed E-state index contributed by atoms with van der Waals surface area (Å²) in [5, 5.41) is 0. The third-order valence-corrected chi connectivity index (χ3v) is 3.54. The minimum Gasteiger partial charge on any atom is -0.356 e. The SMILES string of the molecule is CC1CCCN(c2cc(=O)n3ccccc3n2)C1. The Labute approximate surface area is 106 Å². The van der Waals surface area contributed by atoms with Gasteiger partial charge in [0.2, 0.25) is 0 Å². The number of pyridine rings is 1. The Morgan fingerprint density at radius 1 is 1.39 bits per heavy atom. The van der Waals surface area contributed by atoms with Crippen LogP contribution in [0.4, 0.5) is 5.82 Å². The molecule has 0 bridgehead atoms. The average Bonchev–Trinajstić information content (AvgIpc) is 2.39. The predicted octanol–water partition coefficient (Wildman–Crippen LogP) is 1.93. The van der Waals surface area contributed by atoms with E-state index in [0.29, 0.717) is 5.92 Å². The van der Waals surface area contributed by atoms with E-state index < -0.39 is 0 Å². The Morgan fingerprint density at radius 2 is 2.28 bits per heavy atom. The first-order chi connectivity index (χ1) is 8.74. The van der Waals surface area contributed by atoms with Crippen LogP contribution in [0.15, 0.2) is 35.3 Å². The van der Waals surface area contributed by atoms with Gasteiger partial charge in [0.25, 0.3) is 5.56 Å². The lowest BCUT2D eigenvalue weighted by molar-refractivity contribution is 0.444. The first-order valence-electron chi connectivity index (χ1n) is 6.47. The summed E-state index contributed by atoms with van der Waals surface area (Å²) in [7, 11) is 0. The van der Waals surface area contributed by atoms with E-state index in [-0.39, 0.29) is 5.56 Å². The van der Waals surface area contributed by atoms with Crippen LogP contribution in [-0.4, -0.2) is 22.5 Å². The maximum Gasteiger partial charge on any atom is 0.259 e. The van der Waals surface area contributed by atoms with Crippen molar-refractivity contribution >= 4 is 11.5 Å². The molecule has 2 aromatic heterocycles. The standard InChI is InChI=1S/C14H17N3O/c1-11-5-4-7-16(10-11)13-9-14(18)17-8-3-2-6-12(17)15-13/h2-3,6,8-9,11H,4-5,7,10H2,1H3. The number of nitrogens with zero attached hydrogens (tertiary/aromatic N) is 3. The quantitative estimate of drug-likeness (QED) is 0.768. The molecule has 1 fully saturated rings. The van der Waals surface area contributed by atoms with Gasteiger partial charge in [0, 0.05) is 25.4 Å². The number of rotatable bonds is 1. The van der Waals surface area contributed by atoms with E-state index in [0.717, 1.165) is 24.6 Å². The van der Waals surface area contributed by atoms with Crippen molar-refractivity contribution in [2.24, 2.45) is 5.92 Å². The fraction of sp³-hybridized carbons (Fsp3) is 0.429. The second-order valence-electron chi connectivity index (χ2n) is 5.07. The Balaban J connectivity index is 2.04. The van der Waals surface area contributed by atoms with Gasteiger partial charge in [-0.05, 0) is 30.9 Å². The van der Waals surface area contributed by atoms with Crippen LogP contribution < -0.4 is 10.5 Å². The highest BCUT2D eigenvalue weighted by molar-refractivity contribution is 5.48. The zero-order valence-corrected chi connectivity index (χ0v) is 10.5. The molecule has 0 amide bonds. The largest absolute Gasteiger partial charge is 0.356 e. The average molecular weight is 243 g/mol. The molecule has 1 atom stereocenters. The summed E-state index contributed by atoms with van der Waals surface area (Å²) in [6.45, 7) is 4.25. The number of hydrogen-bond donors (Lipinski definition) is 0. The topological polar surface area (TPSA) is 37.6 Å². The molecule has 3 rings (SSSR count). The normalized spacial score (nSPS) is 20.3. The van der Waals surface area contributed by atoms with E-state index in [9.17, 15) is 4.79 Å². The Morgan fingerprint density at radius 3 is 3.11 bits per heavy atom. The fourth-order valence-corrected chi connectivity index (χ4v) is 2.60. The van der Waals surface area contributed by atoms with Crippen molar-refractivity contribution in [3.05, 3.63) is 40.8 Å². The minimum atomic E-state index is -0.00572. The number of aromatic nitrogens is 2. The molecule has 0 saturated carbocycles. The van der Waals surface area contributed by atoms with Crippen LogP contribution in [-0.2, 0) is 0 Å². The van der Waals surface area contributed by atoms with Gasteiger partial charge in [-0.15, -0.1) is 0 Å². The lowest BCUT2D eigenvalue weighted by Gasteiger charge is -2.31. The summed E-state index contributed by atoms with van der Waals surface area (Å²) in [6, 6.07) is 7.27. The summed E-state index contributed by atoms with van der Waals surface area (Å²) in [5.41, 5.74) is 0.715. The van der Waals surface area contributed by atoms with Gasteiger partial charge in [-0.1, -0.05) is 13.0 Å². The smallest absolute Gasteiger partial charge is 0.259 e. The van der Waals surface area contributed by atoms with E-state index in [1.807, 2.05) is 18.2 Å². The van der Waals surface area contributed by atoms with Gasteiger partial charge in [0.1, 0.15) is 11.5 Å². The Bertz CT molecular complexity index is 620. The Hall–Kier alpha value is -1.84. The van der Waals surface area contributed by atoms with Crippen molar-refractivity contribution in [2.45, 2.75) is 19.8 Å². The third-order valence-electron chi connectivity index (χ3n) is 3.54. The molecule has 1 aliphatic rings. The number of hydrogen-bond acceptors (Lipinski definition) is 3. The van der Waals surface area contributed by atoms with Crippen LogP contribution in [0.25, 0.3) is 5.65 Å². The summed E-state index contributed by atoms with van der Waals surface area (Å²) in [6.07, 6.45) is 4.20. The highest BCUT2D eigenvalue weighted by Gasteiger charge is 2.18. The van der Waals surface area contributed by atoms with E-state index in [1.54, 1.807) is 16.7 Å². The number of fused-ring (bicyclic) bond motifs is 1. The molecule has 1 saturated heterocycles. The Kier molecular flexibility index (Phi) is 2.78. The van der Waals surface area contributed by atoms with Crippen LogP contribution in [0.5, 0.6) is 0 Å². The van der Waals surface area contributed by atoms with Gasteiger partial charge in [-0.25, -0.2) is 4.98 Å². The van der Waals surface area contributed by atoms with E-state index >= 15 is 0 Å². The molecule has 18 heavy (non-hydrogen) atoms. The van der Waals surface area contributed by atoms with Crippen LogP contribution in [0.1, 0.15) is 19.8 Å². The zero-order valence-electron chi connectivity index (χ0n) is 10.5. The first kappa shape index (κ1) is 11.3. The molecule has 0 spiro atoms. The van der Waals surface area contributed by atoms with Crippen LogP contribution >= 0.6 is 0 Å². The molecular formula is C14H17N3O. The summed E-state index contributed by atoms with van der Waals surface area (Å²) in [5.74, 6) is 1.49. The molecule has 0 aliphatic carbocycles. The zero-order chi connectivity index (χ0) is 12.5. The van der Waals surface area contributed by atoms with E-state index in [4.69, 9.17) is 0 Å². The second kappa shape index (κ2) is 4.44. The fourth-order valence-electron chi connectivity index (χ4n) is 2.60. The molecule has 1 unspecified atom stereocenters. The van der Waals surface area contributed by atoms with Crippen molar-refractivity contribution in [3.63, 3.8) is 0 Å². The van der Waals surface area contributed by atoms with Crippen molar-refractivity contribution in [1.82, 2.24) is 9.38 Å². The van der Waals surface area contributed by atoms with Crippen LogP contribution in [0, 0.1) is 5.92 Å². The summed E-state index contributed by atoms with van der Waals surface area (Å²) < 4.78 is 1.58. The van der Waals surface area contributed by atoms with E-state index in [1.165, 1.54) is 12.8 Å². The lowest BCUT2D eigenvalue weighted by atomic mass is 10.0. The van der Waals surface area contributed by atoms with Crippen LogP contribution in [0.2, 0.25) is 0 Å². The van der Waals surface area contributed by atoms with Gasteiger partial charge in [0.15, 0.2) is 0 Å². The molecule has 1 aliphatic heterocycles. The molecule has 4 nitrogen and oxygen atoms in total. The van der Waals surface area contributed by atoms with Crippen molar-refractivity contribution < 1.29 is 0 Å². The van der Waals surface area contributed by atoms with Gasteiger partial charge in [-0.3, -0.25) is 9.20 Å². The predicted molar refractivity (Wildman–Crippen MR) is 72.1 cm³/mol.